The summed E-state index contributed by atoms with van der Waals surface area (Å²) in [5.41, 5.74) is 1.99. The molecule has 0 aliphatic carbocycles. The summed E-state index contributed by atoms with van der Waals surface area (Å²) in [5, 5.41) is 11.2. The van der Waals surface area contributed by atoms with Crippen molar-refractivity contribution in [2.24, 2.45) is 0 Å². The first-order valence-electron chi connectivity index (χ1n) is 6.49. The van der Waals surface area contributed by atoms with Crippen LogP contribution in [0.15, 0.2) is 36.4 Å². The second kappa shape index (κ2) is 5.36. The first-order valence-corrected chi connectivity index (χ1v) is 6.49. The third-order valence-corrected chi connectivity index (χ3v) is 3.34. The largest absolute Gasteiger partial charge is 0.496 e. The Kier molecular flexibility index (Phi) is 3.38. The van der Waals surface area contributed by atoms with E-state index in [1.54, 1.807) is 0 Å². The molecule has 0 aliphatic rings. The molecule has 0 aliphatic heterocycles. The lowest BCUT2D eigenvalue weighted by Gasteiger charge is -2.09. The zero-order chi connectivity index (χ0) is 15.7. The zero-order valence-electron chi connectivity index (χ0n) is 12.0. The Morgan fingerprint density at radius 1 is 1.14 bits per heavy atom. The van der Waals surface area contributed by atoms with Gasteiger partial charge in [-0.1, -0.05) is 12.1 Å². The van der Waals surface area contributed by atoms with Gasteiger partial charge in [0.05, 0.1) is 35.7 Å². The van der Waals surface area contributed by atoms with E-state index < -0.39 is 4.92 Å². The highest BCUT2D eigenvalue weighted by atomic mass is 16.6. The van der Waals surface area contributed by atoms with E-state index >= 15 is 0 Å². The minimum atomic E-state index is -0.496. The fourth-order valence-electron chi connectivity index (χ4n) is 2.29. The molecule has 0 bridgehead atoms. The Labute approximate surface area is 125 Å². The number of nitro groups is 1. The number of benzene rings is 2. The molecule has 0 spiro atoms. The summed E-state index contributed by atoms with van der Waals surface area (Å²) in [4.78, 5) is 18.3. The van der Waals surface area contributed by atoms with Gasteiger partial charge in [0.15, 0.2) is 0 Å². The highest BCUT2D eigenvalue weighted by Gasteiger charge is 2.22. The lowest BCUT2D eigenvalue weighted by Crippen LogP contribution is -1.97. The van der Waals surface area contributed by atoms with Crippen molar-refractivity contribution in [3.05, 3.63) is 46.5 Å². The number of nitro benzene ring substituents is 1. The maximum absolute atomic E-state index is 11.2. The Balaban J connectivity index is 2.24. The standard InChI is InChI=1S/C15H13N3O4/c1-21-13-8-14(22-2)12(18(19)20)7-9(13)15-16-10-5-3-4-6-11(10)17-15/h3-8H,1-2H3,(H,16,17). The Bertz CT molecular complexity index is 824. The van der Waals surface area contributed by atoms with Crippen LogP contribution in [-0.4, -0.2) is 29.1 Å². The quantitative estimate of drug-likeness (QED) is 0.590. The Hall–Kier alpha value is -3.09. The smallest absolute Gasteiger partial charge is 0.311 e. The maximum Gasteiger partial charge on any atom is 0.311 e. The number of ether oxygens (including phenoxy) is 2. The lowest BCUT2D eigenvalue weighted by atomic mass is 10.1. The van der Waals surface area contributed by atoms with Crippen LogP contribution in [0.4, 0.5) is 5.69 Å². The van der Waals surface area contributed by atoms with Gasteiger partial charge in [0, 0.05) is 12.1 Å². The van der Waals surface area contributed by atoms with Crippen molar-refractivity contribution >= 4 is 16.7 Å². The number of rotatable bonds is 4. The van der Waals surface area contributed by atoms with E-state index in [-0.39, 0.29) is 11.4 Å². The van der Waals surface area contributed by atoms with Crippen LogP contribution in [-0.2, 0) is 0 Å². The number of H-pyrrole nitrogens is 1. The van der Waals surface area contributed by atoms with E-state index in [1.807, 2.05) is 24.3 Å². The zero-order valence-corrected chi connectivity index (χ0v) is 12.0. The molecule has 22 heavy (non-hydrogen) atoms. The minimum absolute atomic E-state index is 0.140. The first-order chi connectivity index (χ1) is 10.6. The van der Waals surface area contributed by atoms with Crippen LogP contribution in [0.1, 0.15) is 0 Å². The fourth-order valence-corrected chi connectivity index (χ4v) is 2.29. The lowest BCUT2D eigenvalue weighted by molar-refractivity contribution is -0.385. The van der Waals surface area contributed by atoms with Crippen molar-refractivity contribution in [2.45, 2.75) is 0 Å². The molecule has 3 rings (SSSR count). The molecule has 0 unspecified atom stereocenters. The molecule has 1 N–H and O–H groups in total. The van der Waals surface area contributed by atoms with Crippen molar-refractivity contribution in [3.63, 3.8) is 0 Å². The van der Waals surface area contributed by atoms with E-state index in [9.17, 15) is 10.1 Å². The highest BCUT2D eigenvalue weighted by Crippen LogP contribution is 2.39. The number of imidazole rings is 1. The van der Waals surface area contributed by atoms with E-state index in [0.29, 0.717) is 17.1 Å². The minimum Gasteiger partial charge on any atom is -0.496 e. The Morgan fingerprint density at radius 3 is 2.50 bits per heavy atom. The van der Waals surface area contributed by atoms with Crippen molar-refractivity contribution in [1.82, 2.24) is 9.97 Å². The van der Waals surface area contributed by atoms with Crippen molar-refractivity contribution in [2.75, 3.05) is 14.2 Å². The molecule has 1 aromatic heterocycles. The molecule has 0 atom stereocenters. The summed E-state index contributed by atoms with van der Waals surface area (Å²) in [6.07, 6.45) is 0. The van der Waals surface area contributed by atoms with Crippen LogP contribution in [0, 0.1) is 10.1 Å². The number of hydrogen-bond donors (Lipinski definition) is 1. The summed E-state index contributed by atoms with van der Waals surface area (Å²) < 4.78 is 10.4. The number of nitrogens with zero attached hydrogens (tertiary/aromatic N) is 2. The van der Waals surface area contributed by atoms with Crippen LogP contribution in [0.25, 0.3) is 22.4 Å². The summed E-state index contributed by atoms with van der Waals surface area (Å²) in [5.74, 6) is 1.09. The fraction of sp³-hybridized carbons (Fsp3) is 0.133. The molecule has 0 amide bonds. The van der Waals surface area contributed by atoms with Gasteiger partial charge in [0.25, 0.3) is 0 Å². The SMILES string of the molecule is COc1cc(OC)c([N+](=O)[O-])cc1-c1nc2ccccc2[nH]1. The molecule has 3 aromatic rings. The van der Waals surface area contributed by atoms with E-state index in [1.165, 1.54) is 26.4 Å². The maximum atomic E-state index is 11.2. The average molecular weight is 299 g/mol. The van der Waals surface area contributed by atoms with Crippen molar-refractivity contribution in [1.29, 1.82) is 0 Å². The molecule has 1 heterocycles. The van der Waals surface area contributed by atoms with Crippen LogP contribution in [0.5, 0.6) is 11.5 Å². The first kappa shape index (κ1) is 13.9. The second-order valence-electron chi connectivity index (χ2n) is 4.58. The molecule has 0 fully saturated rings. The average Bonchev–Trinajstić information content (AvgIpc) is 2.97. The topological polar surface area (TPSA) is 90.3 Å². The highest BCUT2D eigenvalue weighted by molar-refractivity contribution is 5.81. The summed E-state index contributed by atoms with van der Waals surface area (Å²) >= 11 is 0. The summed E-state index contributed by atoms with van der Waals surface area (Å²) in [6.45, 7) is 0. The van der Waals surface area contributed by atoms with Gasteiger partial charge in [-0.15, -0.1) is 0 Å². The molecule has 0 saturated carbocycles. The number of para-hydroxylation sites is 2. The number of aromatic amines is 1. The van der Waals surface area contributed by atoms with Crippen LogP contribution in [0.2, 0.25) is 0 Å². The van der Waals surface area contributed by atoms with E-state index in [4.69, 9.17) is 9.47 Å². The van der Waals surface area contributed by atoms with E-state index in [2.05, 4.69) is 9.97 Å². The van der Waals surface area contributed by atoms with Gasteiger partial charge in [-0.05, 0) is 12.1 Å². The normalized spacial score (nSPS) is 10.6. The molecule has 7 heteroatoms. The summed E-state index contributed by atoms with van der Waals surface area (Å²) in [7, 11) is 2.87. The third kappa shape index (κ3) is 2.22. The Morgan fingerprint density at radius 2 is 1.86 bits per heavy atom. The number of aromatic nitrogens is 2. The molecular weight excluding hydrogens is 286 g/mol. The van der Waals surface area contributed by atoms with Gasteiger partial charge >= 0.3 is 5.69 Å². The van der Waals surface area contributed by atoms with Gasteiger partial charge in [0.1, 0.15) is 11.6 Å². The van der Waals surface area contributed by atoms with Crippen molar-refractivity contribution < 1.29 is 14.4 Å². The van der Waals surface area contributed by atoms with Crippen molar-refractivity contribution in [3.8, 4) is 22.9 Å². The molecule has 112 valence electrons. The van der Waals surface area contributed by atoms with Crippen LogP contribution in [0.3, 0.4) is 0 Å². The number of hydrogen-bond acceptors (Lipinski definition) is 5. The summed E-state index contributed by atoms with van der Waals surface area (Å²) in [6, 6.07) is 10.4. The van der Waals surface area contributed by atoms with Crippen LogP contribution < -0.4 is 9.47 Å². The molecular formula is C15H13N3O4. The predicted octanol–water partition coefficient (Wildman–Crippen LogP) is 3.16. The molecule has 0 radical (unpaired) electrons. The molecule has 2 aromatic carbocycles. The van der Waals surface area contributed by atoms with E-state index in [0.717, 1.165) is 11.0 Å². The second-order valence-corrected chi connectivity index (χ2v) is 4.58. The van der Waals surface area contributed by atoms with Gasteiger partial charge in [-0.3, -0.25) is 10.1 Å². The molecule has 7 nitrogen and oxygen atoms in total. The van der Waals surface area contributed by atoms with Crippen LogP contribution >= 0.6 is 0 Å². The molecule has 0 saturated heterocycles. The van der Waals surface area contributed by atoms with Gasteiger partial charge in [-0.25, -0.2) is 4.98 Å². The monoisotopic (exact) mass is 299 g/mol. The predicted molar refractivity (Wildman–Crippen MR) is 81.3 cm³/mol. The van der Waals surface area contributed by atoms with Gasteiger partial charge < -0.3 is 14.5 Å². The number of fused-ring (bicyclic) bond motifs is 1. The third-order valence-electron chi connectivity index (χ3n) is 3.34. The number of methoxy groups -OCH3 is 2. The van der Waals surface area contributed by atoms with Gasteiger partial charge in [0.2, 0.25) is 5.75 Å². The van der Waals surface area contributed by atoms with Gasteiger partial charge in [-0.2, -0.15) is 0 Å². The number of nitrogens with one attached hydrogen (secondary N) is 1.